The van der Waals surface area contributed by atoms with E-state index < -0.39 is 0 Å². The van der Waals surface area contributed by atoms with Gasteiger partial charge in [0.2, 0.25) is 0 Å². The van der Waals surface area contributed by atoms with Crippen LogP contribution in [0.25, 0.3) is 11.0 Å². The third-order valence-electron chi connectivity index (χ3n) is 2.63. The SMILES string of the molecule is Nc1ccc(C#Cc2nc3ccccc3[nH]2)cc1. The Labute approximate surface area is 105 Å². The van der Waals surface area contributed by atoms with Gasteiger partial charge in [-0.05, 0) is 42.3 Å². The van der Waals surface area contributed by atoms with Gasteiger partial charge in [-0.2, -0.15) is 0 Å². The van der Waals surface area contributed by atoms with E-state index in [-0.39, 0.29) is 0 Å². The van der Waals surface area contributed by atoms with E-state index in [4.69, 9.17) is 5.73 Å². The highest BCUT2D eigenvalue weighted by Crippen LogP contribution is 2.09. The van der Waals surface area contributed by atoms with Gasteiger partial charge in [-0.25, -0.2) is 4.98 Å². The number of nitrogens with zero attached hydrogens (tertiary/aromatic N) is 1. The fourth-order valence-electron chi connectivity index (χ4n) is 1.71. The second-order valence-electron chi connectivity index (χ2n) is 3.97. The maximum Gasteiger partial charge on any atom is 0.184 e. The number of hydrogen-bond donors (Lipinski definition) is 2. The molecule has 18 heavy (non-hydrogen) atoms. The molecule has 3 heteroatoms. The highest BCUT2D eigenvalue weighted by Gasteiger charge is 1.97. The van der Waals surface area contributed by atoms with E-state index in [1.165, 1.54) is 0 Å². The Balaban J connectivity index is 1.95. The zero-order valence-corrected chi connectivity index (χ0v) is 9.64. The van der Waals surface area contributed by atoms with Crippen molar-refractivity contribution in [2.24, 2.45) is 0 Å². The minimum absolute atomic E-state index is 0.674. The van der Waals surface area contributed by atoms with Crippen molar-refractivity contribution in [2.45, 2.75) is 0 Å². The molecule has 0 saturated carbocycles. The van der Waals surface area contributed by atoms with Crippen LogP contribution in [0.1, 0.15) is 11.4 Å². The Kier molecular flexibility index (Phi) is 2.47. The smallest absolute Gasteiger partial charge is 0.184 e. The number of imidazole rings is 1. The molecular weight excluding hydrogens is 222 g/mol. The summed E-state index contributed by atoms with van der Waals surface area (Å²) in [7, 11) is 0. The molecule has 0 unspecified atom stereocenters. The topological polar surface area (TPSA) is 54.7 Å². The van der Waals surface area contributed by atoms with E-state index in [1.54, 1.807) is 0 Å². The molecule has 3 aromatic rings. The van der Waals surface area contributed by atoms with Gasteiger partial charge in [0.1, 0.15) is 0 Å². The molecule has 0 aliphatic carbocycles. The fourth-order valence-corrected chi connectivity index (χ4v) is 1.71. The molecule has 86 valence electrons. The number of H-pyrrole nitrogens is 1. The van der Waals surface area contributed by atoms with E-state index in [9.17, 15) is 0 Å². The molecule has 0 spiro atoms. The van der Waals surface area contributed by atoms with Crippen molar-refractivity contribution in [3.8, 4) is 11.8 Å². The second kappa shape index (κ2) is 4.27. The number of aromatic nitrogens is 2. The number of benzene rings is 2. The summed E-state index contributed by atoms with van der Waals surface area (Å²) in [6.45, 7) is 0. The van der Waals surface area contributed by atoms with Gasteiger partial charge in [0.25, 0.3) is 0 Å². The lowest BCUT2D eigenvalue weighted by molar-refractivity contribution is 1.28. The molecule has 3 rings (SSSR count). The van der Waals surface area contributed by atoms with Crippen molar-refractivity contribution in [1.29, 1.82) is 0 Å². The van der Waals surface area contributed by atoms with Gasteiger partial charge in [0.15, 0.2) is 5.82 Å². The van der Waals surface area contributed by atoms with E-state index in [1.807, 2.05) is 48.5 Å². The summed E-state index contributed by atoms with van der Waals surface area (Å²) in [6.07, 6.45) is 0. The largest absolute Gasteiger partial charge is 0.399 e. The third-order valence-corrected chi connectivity index (χ3v) is 2.63. The minimum atomic E-state index is 0.674. The zero-order valence-electron chi connectivity index (χ0n) is 9.64. The first kappa shape index (κ1) is 10.4. The highest BCUT2D eigenvalue weighted by atomic mass is 14.9. The average molecular weight is 233 g/mol. The number of hydrogen-bond acceptors (Lipinski definition) is 2. The van der Waals surface area contributed by atoms with Gasteiger partial charge in [0.05, 0.1) is 11.0 Å². The van der Waals surface area contributed by atoms with Gasteiger partial charge in [-0.3, -0.25) is 0 Å². The maximum absolute atomic E-state index is 5.62. The molecule has 0 atom stereocenters. The van der Waals surface area contributed by atoms with Crippen molar-refractivity contribution in [1.82, 2.24) is 9.97 Å². The van der Waals surface area contributed by atoms with Crippen molar-refractivity contribution in [3.05, 3.63) is 59.9 Å². The van der Waals surface area contributed by atoms with Crippen molar-refractivity contribution < 1.29 is 0 Å². The standard InChI is InChI=1S/C15H11N3/c16-12-8-5-11(6-9-12)7-10-15-17-13-3-1-2-4-14(13)18-15/h1-6,8-9H,16H2,(H,17,18). The summed E-state index contributed by atoms with van der Waals surface area (Å²) in [5.74, 6) is 6.74. The van der Waals surface area contributed by atoms with Crippen molar-refractivity contribution in [3.63, 3.8) is 0 Å². The number of anilines is 1. The predicted molar refractivity (Wildman–Crippen MR) is 72.9 cm³/mol. The van der Waals surface area contributed by atoms with E-state index in [0.717, 1.165) is 22.3 Å². The molecule has 1 aromatic heterocycles. The molecule has 0 saturated heterocycles. The molecule has 0 fully saturated rings. The molecule has 0 radical (unpaired) electrons. The van der Waals surface area contributed by atoms with Crippen LogP contribution >= 0.6 is 0 Å². The summed E-state index contributed by atoms with van der Waals surface area (Å²) in [6, 6.07) is 15.3. The summed E-state index contributed by atoms with van der Waals surface area (Å²) in [4.78, 5) is 7.56. The molecule has 0 aliphatic heterocycles. The lowest BCUT2D eigenvalue weighted by Crippen LogP contribution is -1.83. The first-order valence-corrected chi connectivity index (χ1v) is 5.63. The molecule has 3 N–H and O–H groups in total. The maximum atomic E-state index is 5.62. The lowest BCUT2D eigenvalue weighted by Gasteiger charge is -1.91. The van der Waals surface area contributed by atoms with Gasteiger partial charge in [-0.1, -0.05) is 18.1 Å². The van der Waals surface area contributed by atoms with Crippen LogP contribution in [0.5, 0.6) is 0 Å². The summed E-state index contributed by atoms with van der Waals surface area (Å²) in [5.41, 5.74) is 9.21. The summed E-state index contributed by atoms with van der Waals surface area (Å²) < 4.78 is 0. The molecule has 2 aromatic carbocycles. The predicted octanol–water partition coefficient (Wildman–Crippen LogP) is 2.54. The van der Waals surface area contributed by atoms with E-state index >= 15 is 0 Å². The number of aromatic amines is 1. The number of nitrogen functional groups attached to an aromatic ring is 1. The zero-order chi connectivity index (χ0) is 12.4. The minimum Gasteiger partial charge on any atom is -0.399 e. The first-order chi connectivity index (χ1) is 8.81. The Morgan fingerprint density at radius 2 is 1.72 bits per heavy atom. The number of nitrogens with one attached hydrogen (secondary N) is 1. The molecule has 1 heterocycles. The van der Waals surface area contributed by atoms with E-state index in [2.05, 4.69) is 21.8 Å². The Hall–Kier alpha value is -2.73. The monoisotopic (exact) mass is 233 g/mol. The van der Waals surface area contributed by atoms with Crippen LogP contribution in [-0.2, 0) is 0 Å². The Bertz CT molecular complexity index is 709. The number of fused-ring (bicyclic) bond motifs is 1. The average Bonchev–Trinajstić information content (AvgIpc) is 2.81. The van der Waals surface area contributed by atoms with Crippen LogP contribution in [0.15, 0.2) is 48.5 Å². The van der Waals surface area contributed by atoms with E-state index in [0.29, 0.717) is 5.82 Å². The summed E-state index contributed by atoms with van der Waals surface area (Å²) in [5, 5.41) is 0. The number of rotatable bonds is 0. The van der Waals surface area contributed by atoms with Gasteiger partial charge in [-0.15, -0.1) is 0 Å². The van der Waals surface area contributed by atoms with Crippen LogP contribution in [0.3, 0.4) is 0 Å². The lowest BCUT2D eigenvalue weighted by atomic mass is 10.2. The van der Waals surface area contributed by atoms with Crippen LogP contribution in [-0.4, -0.2) is 9.97 Å². The van der Waals surface area contributed by atoms with Gasteiger partial charge in [0, 0.05) is 11.3 Å². The molecule has 0 aliphatic rings. The van der Waals surface area contributed by atoms with Crippen LogP contribution in [0, 0.1) is 11.8 Å². The van der Waals surface area contributed by atoms with Crippen LogP contribution in [0.4, 0.5) is 5.69 Å². The fraction of sp³-hybridized carbons (Fsp3) is 0. The Morgan fingerprint density at radius 3 is 2.50 bits per heavy atom. The quantitative estimate of drug-likeness (QED) is 0.463. The highest BCUT2D eigenvalue weighted by molar-refractivity contribution is 5.75. The molecule has 0 amide bonds. The van der Waals surface area contributed by atoms with Crippen molar-refractivity contribution >= 4 is 16.7 Å². The number of para-hydroxylation sites is 2. The second-order valence-corrected chi connectivity index (χ2v) is 3.97. The molecule has 3 nitrogen and oxygen atoms in total. The third kappa shape index (κ3) is 2.04. The van der Waals surface area contributed by atoms with Crippen LogP contribution < -0.4 is 5.73 Å². The van der Waals surface area contributed by atoms with Crippen molar-refractivity contribution in [2.75, 3.05) is 5.73 Å². The number of nitrogens with two attached hydrogens (primary N) is 1. The van der Waals surface area contributed by atoms with Gasteiger partial charge >= 0.3 is 0 Å². The molecular formula is C15H11N3. The normalized spacial score (nSPS) is 10.0. The first-order valence-electron chi connectivity index (χ1n) is 5.63. The van der Waals surface area contributed by atoms with Gasteiger partial charge < -0.3 is 10.7 Å². The molecule has 0 bridgehead atoms. The van der Waals surface area contributed by atoms with Crippen LogP contribution in [0.2, 0.25) is 0 Å². The summed E-state index contributed by atoms with van der Waals surface area (Å²) >= 11 is 0. The Morgan fingerprint density at radius 1 is 0.944 bits per heavy atom.